The summed E-state index contributed by atoms with van der Waals surface area (Å²) < 4.78 is 0. The molecule has 1 aromatic rings. The molecule has 1 spiro atoms. The number of carbonyl (C=O) groups is 1. The summed E-state index contributed by atoms with van der Waals surface area (Å²) in [6, 6.07) is 8.33. The Labute approximate surface area is 161 Å². The van der Waals surface area contributed by atoms with Crippen LogP contribution in [-0.2, 0) is 11.3 Å². The molecular formula is C21H29ClN2O2. The first-order valence-electron chi connectivity index (χ1n) is 10.1. The number of nitrogens with zero attached hydrogens (tertiary/aromatic N) is 2. The molecule has 1 N–H and O–H groups in total. The molecule has 1 aromatic carbocycles. The van der Waals surface area contributed by atoms with Crippen molar-refractivity contribution in [2.24, 2.45) is 0 Å². The summed E-state index contributed by atoms with van der Waals surface area (Å²) in [5, 5.41) is 10.6. The minimum absolute atomic E-state index is 0.173. The summed E-state index contributed by atoms with van der Waals surface area (Å²) in [6.45, 7) is 2.70. The Morgan fingerprint density at radius 2 is 1.69 bits per heavy atom. The molecule has 3 aliphatic rings. The number of amides is 1. The number of benzene rings is 1. The number of rotatable bonds is 3. The highest BCUT2D eigenvalue weighted by molar-refractivity contribution is 6.30. The fourth-order valence-electron chi connectivity index (χ4n) is 5.24. The molecule has 142 valence electrons. The molecule has 2 saturated heterocycles. The maximum absolute atomic E-state index is 13.6. The first kappa shape index (κ1) is 18.3. The van der Waals surface area contributed by atoms with Crippen LogP contribution in [-0.4, -0.2) is 51.6 Å². The normalized spacial score (nSPS) is 33.2. The third-order valence-electron chi connectivity index (χ3n) is 6.67. The molecule has 1 aliphatic carbocycles. The highest BCUT2D eigenvalue weighted by atomic mass is 35.5. The molecule has 3 fully saturated rings. The molecule has 0 aromatic heterocycles. The number of halogens is 1. The first-order chi connectivity index (χ1) is 12.6. The van der Waals surface area contributed by atoms with Gasteiger partial charge in [0.25, 0.3) is 0 Å². The predicted octanol–water partition coefficient (Wildman–Crippen LogP) is 3.60. The maximum Gasteiger partial charge on any atom is 0.243 e. The zero-order chi connectivity index (χ0) is 18.1. The van der Waals surface area contributed by atoms with E-state index in [1.54, 1.807) is 0 Å². The Balaban J connectivity index is 1.51. The van der Waals surface area contributed by atoms with Crippen LogP contribution in [0.2, 0.25) is 5.02 Å². The third-order valence-corrected chi connectivity index (χ3v) is 6.92. The number of likely N-dealkylation sites (tertiary alicyclic amines) is 2. The minimum atomic E-state index is -0.312. The van der Waals surface area contributed by atoms with E-state index in [9.17, 15) is 9.90 Å². The van der Waals surface area contributed by atoms with Crippen LogP contribution in [0.4, 0.5) is 0 Å². The van der Waals surface area contributed by atoms with Crippen LogP contribution >= 0.6 is 11.6 Å². The van der Waals surface area contributed by atoms with E-state index >= 15 is 0 Å². The van der Waals surface area contributed by atoms with Crippen molar-refractivity contribution < 1.29 is 9.90 Å². The monoisotopic (exact) mass is 376 g/mol. The lowest BCUT2D eigenvalue weighted by atomic mass is 9.82. The van der Waals surface area contributed by atoms with Crippen LogP contribution in [0.3, 0.4) is 0 Å². The molecule has 0 bridgehead atoms. The molecule has 1 unspecified atom stereocenters. The highest BCUT2D eigenvalue weighted by Crippen LogP contribution is 2.41. The summed E-state index contributed by atoms with van der Waals surface area (Å²) in [5.74, 6) is 0.344. The van der Waals surface area contributed by atoms with E-state index in [1.165, 1.54) is 5.56 Å². The highest BCUT2D eigenvalue weighted by Gasteiger charge is 2.51. The van der Waals surface area contributed by atoms with Crippen LogP contribution in [0.5, 0.6) is 0 Å². The second kappa shape index (κ2) is 7.49. The molecule has 1 amide bonds. The van der Waals surface area contributed by atoms with Crippen molar-refractivity contribution in [3.05, 3.63) is 34.9 Å². The van der Waals surface area contributed by atoms with E-state index in [-0.39, 0.29) is 11.6 Å². The Kier molecular flexibility index (Phi) is 5.27. The van der Waals surface area contributed by atoms with Crippen LogP contribution in [0, 0.1) is 0 Å². The van der Waals surface area contributed by atoms with E-state index in [4.69, 9.17) is 11.6 Å². The summed E-state index contributed by atoms with van der Waals surface area (Å²) in [6.07, 6.45) is 7.51. The van der Waals surface area contributed by atoms with Gasteiger partial charge in [-0.1, -0.05) is 23.7 Å². The van der Waals surface area contributed by atoms with Gasteiger partial charge in [0.15, 0.2) is 0 Å². The second-order valence-electron chi connectivity index (χ2n) is 8.25. The van der Waals surface area contributed by atoms with Crippen molar-refractivity contribution in [3.8, 4) is 0 Å². The smallest absolute Gasteiger partial charge is 0.243 e. The van der Waals surface area contributed by atoms with Gasteiger partial charge in [0.1, 0.15) is 5.54 Å². The number of carbonyl (C=O) groups excluding carboxylic acids is 1. The van der Waals surface area contributed by atoms with E-state index < -0.39 is 0 Å². The van der Waals surface area contributed by atoms with Crippen molar-refractivity contribution in [1.82, 2.24) is 9.80 Å². The van der Waals surface area contributed by atoms with Crippen molar-refractivity contribution in [2.75, 3.05) is 13.1 Å². The molecule has 4 rings (SSSR count). The van der Waals surface area contributed by atoms with E-state index in [0.29, 0.717) is 11.9 Å². The van der Waals surface area contributed by atoms with Gasteiger partial charge in [0.2, 0.25) is 5.91 Å². The van der Waals surface area contributed by atoms with Crippen molar-refractivity contribution in [2.45, 2.75) is 75.6 Å². The van der Waals surface area contributed by atoms with Crippen LogP contribution in [0.1, 0.15) is 56.9 Å². The molecule has 4 nitrogen and oxygen atoms in total. The molecule has 1 saturated carbocycles. The van der Waals surface area contributed by atoms with Crippen LogP contribution in [0.15, 0.2) is 24.3 Å². The largest absolute Gasteiger partial charge is 0.393 e. The number of hydrogen-bond donors (Lipinski definition) is 1. The summed E-state index contributed by atoms with van der Waals surface area (Å²) in [7, 11) is 0. The average Bonchev–Trinajstić information content (AvgIpc) is 3.03. The molecule has 2 aliphatic heterocycles. The lowest BCUT2D eigenvalue weighted by Crippen LogP contribution is -2.62. The molecule has 1 atom stereocenters. The zero-order valence-electron chi connectivity index (χ0n) is 15.4. The van der Waals surface area contributed by atoms with Crippen molar-refractivity contribution >= 4 is 17.5 Å². The van der Waals surface area contributed by atoms with E-state index in [2.05, 4.69) is 21.9 Å². The van der Waals surface area contributed by atoms with Crippen LogP contribution in [0.25, 0.3) is 0 Å². The molecule has 26 heavy (non-hydrogen) atoms. The summed E-state index contributed by atoms with van der Waals surface area (Å²) in [4.78, 5) is 18.2. The Bertz CT molecular complexity index is 642. The number of aliphatic hydroxyl groups is 1. The van der Waals surface area contributed by atoms with Gasteiger partial charge in [0, 0.05) is 24.2 Å². The summed E-state index contributed by atoms with van der Waals surface area (Å²) in [5.41, 5.74) is 0.912. The second-order valence-corrected chi connectivity index (χ2v) is 8.68. The fraction of sp³-hybridized carbons (Fsp3) is 0.667. The number of aliphatic hydroxyl groups excluding tert-OH is 1. The number of hydrogen-bond acceptors (Lipinski definition) is 3. The predicted molar refractivity (Wildman–Crippen MR) is 103 cm³/mol. The quantitative estimate of drug-likeness (QED) is 0.876. The maximum atomic E-state index is 13.6. The Morgan fingerprint density at radius 1 is 1.04 bits per heavy atom. The molecular weight excluding hydrogens is 348 g/mol. The van der Waals surface area contributed by atoms with Crippen molar-refractivity contribution in [3.63, 3.8) is 0 Å². The van der Waals surface area contributed by atoms with E-state index in [1.807, 2.05) is 12.1 Å². The van der Waals surface area contributed by atoms with E-state index in [0.717, 1.165) is 76.0 Å². The zero-order valence-corrected chi connectivity index (χ0v) is 16.1. The minimum Gasteiger partial charge on any atom is -0.393 e. The van der Waals surface area contributed by atoms with Gasteiger partial charge < -0.3 is 10.0 Å². The topological polar surface area (TPSA) is 43.8 Å². The lowest BCUT2D eigenvalue weighted by molar-refractivity contribution is -0.152. The van der Waals surface area contributed by atoms with Gasteiger partial charge in [-0.05, 0) is 75.6 Å². The summed E-state index contributed by atoms with van der Waals surface area (Å²) >= 11 is 6.02. The number of piperidine rings is 1. The fourth-order valence-corrected chi connectivity index (χ4v) is 5.36. The Hall–Kier alpha value is -1.10. The van der Waals surface area contributed by atoms with Gasteiger partial charge in [-0.25, -0.2) is 0 Å². The van der Waals surface area contributed by atoms with Gasteiger partial charge in [-0.2, -0.15) is 0 Å². The van der Waals surface area contributed by atoms with Gasteiger partial charge in [-0.3, -0.25) is 9.69 Å². The standard InChI is InChI=1S/C21H29ClN2O2/c22-17-5-3-16(4-6-17)15-23-13-1-11-21(23)12-2-14-24(20(21)26)18-7-9-19(25)10-8-18/h3-6,18-19,25H,1-2,7-15H2. The van der Waals surface area contributed by atoms with Crippen LogP contribution < -0.4 is 0 Å². The molecule has 2 heterocycles. The van der Waals surface area contributed by atoms with Gasteiger partial charge in [0.05, 0.1) is 6.10 Å². The lowest BCUT2D eigenvalue weighted by Gasteiger charge is -2.48. The first-order valence-corrected chi connectivity index (χ1v) is 10.4. The van der Waals surface area contributed by atoms with Gasteiger partial charge >= 0.3 is 0 Å². The average molecular weight is 377 g/mol. The van der Waals surface area contributed by atoms with Gasteiger partial charge in [-0.15, -0.1) is 0 Å². The SMILES string of the molecule is O=C1N(C2CCC(O)CC2)CCCC12CCCN2Cc1ccc(Cl)cc1. The Morgan fingerprint density at radius 3 is 2.38 bits per heavy atom. The van der Waals surface area contributed by atoms with Crippen molar-refractivity contribution in [1.29, 1.82) is 0 Å². The molecule has 0 radical (unpaired) electrons. The third kappa shape index (κ3) is 3.39. The molecule has 5 heteroatoms.